The summed E-state index contributed by atoms with van der Waals surface area (Å²) in [5.41, 5.74) is 0.996. The number of ether oxygens (including phenoxy) is 1. The van der Waals surface area contributed by atoms with Gasteiger partial charge in [0.2, 0.25) is 0 Å². The first-order chi connectivity index (χ1) is 8.40. The van der Waals surface area contributed by atoms with Crippen molar-refractivity contribution >= 4 is 0 Å². The number of hydrogen-bond acceptors (Lipinski definition) is 2. The molecule has 0 fully saturated rings. The summed E-state index contributed by atoms with van der Waals surface area (Å²) in [7, 11) is 0. The highest BCUT2D eigenvalue weighted by atomic mass is 19.1. The fourth-order valence-corrected chi connectivity index (χ4v) is 1.73. The van der Waals surface area contributed by atoms with E-state index < -0.39 is 0 Å². The van der Waals surface area contributed by atoms with Gasteiger partial charge in [0, 0.05) is 6.04 Å². The molecule has 0 heterocycles. The minimum absolute atomic E-state index is 0.129. The van der Waals surface area contributed by atoms with Gasteiger partial charge in [-0.3, -0.25) is 0 Å². The Balaban J connectivity index is 2.54. The Morgan fingerprint density at radius 3 is 2.33 bits per heavy atom. The molecule has 0 amide bonds. The minimum atomic E-state index is -0.190. The van der Waals surface area contributed by atoms with Gasteiger partial charge in [-0.05, 0) is 51.4 Å². The Kier molecular flexibility index (Phi) is 5.76. The summed E-state index contributed by atoms with van der Waals surface area (Å²) in [6.45, 7) is 9.79. The quantitative estimate of drug-likeness (QED) is 0.841. The van der Waals surface area contributed by atoms with Crippen LogP contribution >= 0.6 is 0 Å². The van der Waals surface area contributed by atoms with Crippen molar-refractivity contribution in [1.82, 2.24) is 5.32 Å². The van der Waals surface area contributed by atoms with E-state index in [1.807, 2.05) is 32.9 Å². The Labute approximate surface area is 110 Å². The number of benzene rings is 1. The summed E-state index contributed by atoms with van der Waals surface area (Å²) >= 11 is 0. The van der Waals surface area contributed by atoms with Crippen LogP contribution in [-0.2, 0) is 11.2 Å². The third-order valence-corrected chi connectivity index (χ3v) is 2.61. The fourth-order valence-electron chi connectivity index (χ4n) is 1.73. The first kappa shape index (κ1) is 15.1. The van der Waals surface area contributed by atoms with Gasteiger partial charge < -0.3 is 10.1 Å². The molecule has 1 unspecified atom stereocenters. The van der Waals surface area contributed by atoms with Crippen LogP contribution in [0.4, 0.5) is 4.39 Å². The highest BCUT2D eigenvalue weighted by Gasteiger charge is 2.15. The van der Waals surface area contributed by atoms with Crippen LogP contribution in [0.25, 0.3) is 0 Å². The maximum absolute atomic E-state index is 12.8. The zero-order valence-corrected chi connectivity index (χ0v) is 11.8. The molecule has 0 radical (unpaired) electrons. The number of halogens is 1. The van der Waals surface area contributed by atoms with E-state index in [0.29, 0.717) is 6.61 Å². The van der Waals surface area contributed by atoms with E-state index in [2.05, 4.69) is 12.2 Å². The third kappa shape index (κ3) is 6.12. The number of nitrogens with one attached hydrogen (secondary N) is 1. The summed E-state index contributed by atoms with van der Waals surface area (Å²) in [5, 5.41) is 3.40. The van der Waals surface area contributed by atoms with Crippen LogP contribution in [0.3, 0.4) is 0 Å². The molecule has 0 aliphatic carbocycles. The van der Waals surface area contributed by atoms with E-state index >= 15 is 0 Å². The molecule has 0 spiro atoms. The van der Waals surface area contributed by atoms with Crippen molar-refractivity contribution in [1.29, 1.82) is 0 Å². The number of rotatable bonds is 6. The molecule has 0 saturated heterocycles. The van der Waals surface area contributed by atoms with Crippen LogP contribution in [0.1, 0.15) is 33.3 Å². The lowest BCUT2D eigenvalue weighted by Crippen LogP contribution is -2.38. The van der Waals surface area contributed by atoms with E-state index in [0.717, 1.165) is 18.5 Å². The molecule has 102 valence electrons. The molecule has 1 aromatic carbocycles. The maximum atomic E-state index is 12.8. The second-order valence-electron chi connectivity index (χ2n) is 5.51. The monoisotopic (exact) mass is 253 g/mol. The Bertz CT molecular complexity index is 343. The van der Waals surface area contributed by atoms with Gasteiger partial charge in [-0.15, -0.1) is 0 Å². The fraction of sp³-hybridized carbons (Fsp3) is 0.600. The van der Waals surface area contributed by atoms with Gasteiger partial charge in [0.05, 0.1) is 12.2 Å². The molecule has 1 rings (SSSR count). The van der Waals surface area contributed by atoms with E-state index in [-0.39, 0.29) is 17.5 Å². The van der Waals surface area contributed by atoms with Crippen molar-refractivity contribution in [2.24, 2.45) is 0 Å². The van der Waals surface area contributed by atoms with Gasteiger partial charge in [-0.2, -0.15) is 0 Å². The zero-order valence-electron chi connectivity index (χ0n) is 11.8. The minimum Gasteiger partial charge on any atom is -0.374 e. The van der Waals surface area contributed by atoms with Gasteiger partial charge in [0.1, 0.15) is 5.82 Å². The van der Waals surface area contributed by atoms with Gasteiger partial charge in [-0.1, -0.05) is 19.1 Å². The van der Waals surface area contributed by atoms with E-state index in [4.69, 9.17) is 4.74 Å². The van der Waals surface area contributed by atoms with Crippen LogP contribution in [-0.4, -0.2) is 24.8 Å². The lowest BCUT2D eigenvalue weighted by Gasteiger charge is -2.25. The smallest absolute Gasteiger partial charge is 0.123 e. The van der Waals surface area contributed by atoms with Gasteiger partial charge in [0.25, 0.3) is 0 Å². The molecule has 0 bridgehead atoms. The second kappa shape index (κ2) is 6.86. The molecule has 2 nitrogen and oxygen atoms in total. The summed E-state index contributed by atoms with van der Waals surface area (Å²) in [5.74, 6) is -0.190. The average Bonchev–Trinajstić information content (AvgIpc) is 2.28. The van der Waals surface area contributed by atoms with Crippen molar-refractivity contribution in [2.45, 2.75) is 45.8 Å². The van der Waals surface area contributed by atoms with Crippen LogP contribution in [0.5, 0.6) is 0 Å². The van der Waals surface area contributed by atoms with Crippen molar-refractivity contribution < 1.29 is 9.13 Å². The predicted octanol–water partition coefficient (Wildman–Crippen LogP) is 3.16. The third-order valence-electron chi connectivity index (χ3n) is 2.61. The van der Waals surface area contributed by atoms with Crippen molar-refractivity contribution in [2.75, 3.05) is 13.2 Å². The molecule has 0 aliphatic rings. The Morgan fingerprint density at radius 1 is 1.22 bits per heavy atom. The highest BCUT2D eigenvalue weighted by molar-refractivity contribution is 5.17. The van der Waals surface area contributed by atoms with Crippen LogP contribution in [0, 0.1) is 5.82 Å². The van der Waals surface area contributed by atoms with Crippen LogP contribution in [0.15, 0.2) is 24.3 Å². The van der Waals surface area contributed by atoms with Crippen LogP contribution in [0.2, 0.25) is 0 Å². The van der Waals surface area contributed by atoms with E-state index in [1.165, 1.54) is 12.1 Å². The molecule has 1 atom stereocenters. The largest absolute Gasteiger partial charge is 0.374 e. The molecule has 1 N–H and O–H groups in total. The SMILES string of the molecule is CCNC(COC(C)(C)C)Cc1ccc(F)cc1. The van der Waals surface area contributed by atoms with E-state index in [9.17, 15) is 4.39 Å². The molecule has 0 aromatic heterocycles. The standard InChI is InChI=1S/C15H24FNO/c1-5-17-14(11-18-15(2,3)4)10-12-6-8-13(16)9-7-12/h6-9,14,17H,5,10-11H2,1-4H3. The van der Waals surface area contributed by atoms with Gasteiger partial charge in [-0.25, -0.2) is 4.39 Å². The average molecular weight is 253 g/mol. The summed E-state index contributed by atoms with van der Waals surface area (Å²) in [6, 6.07) is 6.93. The van der Waals surface area contributed by atoms with Crippen LogP contribution < -0.4 is 5.32 Å². The van der Waals surface area contributed by atoms with Crippen molar-refractivity contribution in [3.8, 4) is 0 Å². The maximum Gasteiger partial charge on any atom is 0.123 e. The summed E-state index contributed by atoms with van der Waals surface area (Å²) in [4.78, 5) is 0. The number of likely N-dealkylation sites (N-methyl/N-ethyl adjacent to an activating group) is 1. The lowest BCUT2D eigenvalue weighted by molar-refractivity contribution is -0.0141. The molecule has 3 heteroatoms. The van der Waals surface area contributed by atoms with Gasteiger partial charge >= 0.3 is 0 Å². The zero-order chi connectivity index (χ0) is 13.6. The molecule has 18 heavy (non-hydrogen) atoms. The second-order valence-corrected chi connectivity index (χ2v) is 5.51. The normalized spacial score (nSPS) is 13.6. The predicted molar refractivity (Wildman–Crippen MR) is 73.3 cm³/mol. The Morgan fingerprint density at radius 2 is 1.83 bits per heavy atom. The number of hydrogen-bond donors (Lipinski definition) is 1. The first-order valence-corrected chi connectivity index (χ1v) is 6.52. The Hall–Kier alpha value is -0.930. The van der Waals surface area contributed by atoms with Crippen molar-refractivity contribution in [3.63, 3.8) is 0 Å². The molecule has 0 saturated carbocycles. The molecular weight excluding hydrogens is 229 g/mol. The van der Waals surface area contributed by atoms with Gasteiger partial charge in [0.15, 0.2) is 0 Å². The first-order valence-electron chi connectivity index (χ1n) is 6.52. The highest BCUT2D eigenvalue weighted by Crippen LogP contribution is 2.10. The summed E-state index contributed by atoms with van der Waals surface area (Å²) < 4.78 is 18.6. The molecule has 0 aliphatic heterocycles. The summed E-state index contributed by atoms with van der Waals surface area (Å²) in [6.07, 6.45) is 0.851. The molecular formula is C15H24FNO. The molecule has 1 aromatic rings. The van der Waals surface area contributed by atoms with Crippen molar-refractivity contribution in [3.05, 3.63) is 35.6 Å². The lowest BCUT2D eigenvalue weighted by atomic mass is 10.1. The topological polar surface area (TPSA) is 21.3 Å². The van der Waals surface area contributed by atoms with E-state index in [1.54, 1.807) is 0 Å².